The number of nitrogens with one attached hydrogen (secondary N) is 1. The first-order valence-corrected chi connectivity index (χ1v) is 11.8. The van der Waals surface area contributed by atoms with E-state index in [0.717, 1.165) is 40.4 Å². The molecule has 0 spiro atoms. The molecule has 0 atom stereocenters. The van der Waals surface area contributed by atoms with Crippen LogP contribution < -0.4 is 14.8 Å². The second kappa shape index (κ2) is 11.4. The maximum atomic E-state index is 12.5. The monoisotopic (exact) mass is 485 g/mol. The Bertz CT molecular complexity index is 1350. The van der Waals surface area contributed by atoms with Crippen molar-refractivity contribution in [1.29, 1.82) is 0 Å². The van der Waals surface area contributed by atoms with Crippen molar-refractivity contribution >= 4 is 17.7 Å². The lowest BCUT2D eigenvalue weighted by atomic mass is 10.1. The minimum atomic E-state index is -0.238. The summed E-state index contributed by atoms with van der Waals surface area (Å²) < 4.78 is 15.1. The third-order valence-electron chi connectivity index (χ3n) is 5.88. The first-order chi connectivity index (χ1) is 17.4. The van der Waals surface area contributed by atoms with Gasteiger partial charge in [-0.05, 0) is 56.7 Å². The number of nitrogens with zero attached hydrogens (tertiary/aromatic N) is 4. The maximum absolute atomic E-state index is 12.5. The van der Waals surface area contributed by atoms with E-state index in [0.29, 0.717) is 18.8 Å². The van der Waals surface area contributed by atoms with Gasteiger partial charge < -0.3 is 14.8 Å². The molecule has 36 heavy (non-hydrogen) atoms. The minimum Gasteiger partial charge on any atom is -0.496 e. The van der Waals surface area contributed by atoms with Crippen LogP contribution >= 0.6 is 0 Å². The number of hydrogen-bond donors (Lipinski definition) is 1. The Balaban J connectivity index is 1.36. The van der Waals surface area contributed by atoms with Crippen molar-refractivity contribution < 1.29 is 14.3 Å². The van der Waals surface area contributed by atoms with Crippen molar-refractivity contribution in [2.45, 2.75) is 40.5 Å². The number of rotatable bonds is 10. The Hall–Kier alpha value is -4.33. The number of carbonyl (C=O) groups is 1. The molecule has 1 amide bonds. The molecule has 0 saturated carbocycles. The topological polar surface area (TPSA) is 83.2 Å². The Morgan fingerprint density at radius 3 is 2.58 bits per heavy atom. The highest BCUT2D eigenvalue weighted by Gasteiger charge is 2.09. The first-order valence-electron chi connectivity index (χ1n) is 11.8. The molecular weight excluding hydrogens is 454 g/mol. The smallest absolute Gasteiger partial charge is 0.248 e. The molecule has 1 N–H and O–H groups in total. The van der Waals surface area contributed by atoms with Gasteiger partial charge in [0.05, 0.1) is 31.7 Å². The van der Waals surface area contributed by atoms with Gasteiger partial charge in [-0.2, -0.15) is 10.2 Å². The standard InChI is InChI=1S/C28H31N5O3/c1-5-33-21(3)24(15-30-33)17-32-18-25(16-29-32)31-28(34)13-9-22-8-12-27(35-4)23(14-22)19-36-26-10-6-20(2)7-11-26/h6-16,18H,5,17,19H2,1-4H3,(H,31,34)/b13-9+. The third kappa shape index (κ3) is 6.21. The zero-order valence-corrected chi connectivity index (χ0v) is 21.1. The van der Waals surface area contributed by atoms with Crippen LogP contribution in [0, 0.1) is 13.8 Å². The van der Waals surface area contributed by atoms with E-state index < -0.39 is 0 Å². The van der Waals surface area contributed by atoms with Crippen molar-refractivity contribution in [3.63, 3.8) is 0 Å². The number of anilines is 1. The molecule has 0 bridgehead atoms. The van der Waals surface area contributed by atoms with E-state index in [9.17, 15) is 4.79 Å². The van der Waals surface area contributed by atoms with Gasteiger partial charge in [-0.15, -0.1) is 0 Å². The molecule has 2 aromatic heterocycles. The summed E-state index contributed by atoms with van der Waals surface area (Å²) in [6.45, 7) is 7.92. The summed E-state index contributed by atoms with van der Waals surface area (Å²) in [4.78, 5) is 12.5. The SMILES string of the molecule is CCn1ncc(Cn2cc(NC(=O)/C=C/c3ccc(OC)c(COc4ccc(C)cc4)c3)cn2)c1C. The van der Waals surface area contributed by atoms with E-state index >= 15 is 0 Å². The predicted molar refractivity (Wildman–Crippen MR) is 140 cm³/mol. The number of carbonyl (C=O) groups excluding carboxylic acids is 1. The summed E-state index contributed by atoms with van der Waals surface area (Å²) in [7, 11) is 1.63. The molecule has 8 heteroatoms. The molecule has 8 nitrogen and oxygen atoms in total. The quantitative estimate of drug-likeness (QED) is 0.320. The average Bonchev–Trinajstić information content (AvgIpc) is 3.48. The van der Waals surface area contributed by atoms with Crippen LogP contribution in [-0.4, -0.2) is 32.6 Å². The number of amides is 1. The Morgan fingerprint density at radius 1 is 1.06 bits per heavy atom. The van der Waals surface area contributed by atoms with Gasteiger partial charge in [-0.3, -0.25) is 14.2 Å². The largest absolute Gasteiger partial charge is 0.496 e. The van der Waals surface area contributed by atoms with Gasteiger partial charge in [0.2, 0.25) is 5.91 Å². The fraction of sp³-hybridized carbons (Fsp3) is 0.250. The minimum absolute atomic E-state index is 0.238. The number of ether oxygens (including phenoxy) is 2. The van der Waals surface area contributed by atoms with Gasteiger partial charge in [0.15, 0.2) is 0 Å². The van der Waals surface area contributed by atoms with Crippen LogP contribution in [0.2, 0.25) is 0 Å². The summed E-state index contributed by atoms with van der Waals surface area (Å²) in [6, 6.07) is 13.6. The summed E-state index contributed by atoms with van der Waals surface area (Å²) in [6.07, 6.45) is 8.56. The highest BCUT2D eigenvalue weighted by Crippen LogP contribution is 2.23. The number of aryl methyl sites for hydroxylation is 2. The Labute approximate surface area is 211 Å². The third-order valence-corrected chi connectivity index (χ3v) is 5.88. The second-order valence-electron chi connectivity index (χ2n) is 8.49. The molecular formula is C28H31N5O3. The molecule has 2 aromatic carbocycles. The van der Waals surface area contributed by atoms with E-state index in [1.165, 1.54) is 11.6 Å². The van der Waals surface area contributed by atoms with Crippen molar-refractivity contribution in [2.24, 2.45) is 0 Å². The molecule has 186 valence electrons. The lowest BCUT2D eigenvalue weighted by molar-refractivity contribution is -0.111. The number of benzene rings is 2. The Morgan fingerprint density at radius 2 is 1.86 bits per heavy atom. The maximum Gasteiger partial charge on any atom is 0.248 e. The van der Waals surface area contributed by atoms with Crippen LogP contribution in [0.3, 0.4) is 0 Å². The number of aromatic nitrogens is 4. The van der Waals surface area contributed by atoms with E-state index in [1.807, 2.05) is 73.4 Å². The van der Waals surface area contributed by atoms with Gasteiger partial charge in [0, 0.05) is 35.6 Å². The van der Waals surface area contributed by atoms with Crippen molar-refractivity contribution in [3.05, 3.63) is 95.1 Å². The number of methoxy groups -OCH3 is 1. The predicted octanol–water partition coefficient (Wildman–Crippen LogP) is 5.00. The zero-order chi connectivity index (χ0) is 25.5. The van der Waals surface area contributed by atoms with E-state index in [4.69, 9.17) is 9.47 Å². The van der Waals surface area contributed by atoms with Crippen LogP contribution in [0.25, 0.3) is 6.08 Å². The van der Waals surface area contributed by atoms with Crippen LogP contribution in [0.15, 0.2) is 67.1 Å². The number of hydrogen-bond acceptors (Lipinski definition) is 5. The molecule has 0 saturated heterocycles. The second-order valence-corrected chi connectivity index (χ2v) is 8.49. The fourth-order valence-corrected chi connectivity index (χ4v) is 3.81. The van der Waals surface area contributed by atoms with Gasteiger partial charge in [-0.1, -0.05) is 23.8 Å². The molecule has 2 heterocycles. The molecule has 4 rings (SSSR count). The zero-order valence-electron chi connectivity index (χ0n) is 21.1. The van der Waals surface area contributed by atoms with Gasteiger partial charge in [0.25, 0.3) is 0 Å². The molecule has 0 radical (unpaired) electrons. The lowest BCUT2D eigenvalue weighted by Crippen LogP contribution is -2.07. The van der Waals surface area contributed by atoms with Crippen LogP contribution in [-0.2, 0) is 24.5 Å². The Kier molecular flexibility index (Phi) is 7.85. The highest BCUT2D eigenvalue weighted by atomic mass is 16.5. The first kappa shape index (κ1) is 24.8. The lowest BCUT2D eigenvalue weighted by Gasteiger charge is -2.11. The summed E-state index contributed by atoms with van der Waals surface area (Å²) in [5, 5.41) is 11.6. The van der Waals surface area contributed by atoms with Gasteiger partial charge in [0.1, 0.15) is 18.1 Å². The molecule has 4 aromatic rings. The van der Waals surface area contributed by atoms with Crippen LogP contribution in [0.4, 0.5) is 5.69 Å². The summed E-state index contributed by atoms with van der Waals surface area (Å²) >= 11 is 0. The van der Waals surface area contributed by atoms with Gasteiger partial charge >= 0.3 is 0 Å². The molecule has 0 aliphatic rings. The van der Waals surface area contributed by atoms with Gasteiger partial charge in [-0.25, -0.2) is 0 Å². The van der Waals surface area contributed by atoms with E-state index in [2.05, 4.69) is 22.4 Å². The highest BCUT2D eigenvalue weighted by molar-refractivity contribution is 6.01. The van der Waals surface area contributed by atoms with Crippen LogP contribution in [0.1, 0.15) is 34.9 Å². The van der Waals surface area contributed by atoms with E-state index in [1.54, 1.807) is 24.1 Å². The van der Waals surface area contributed by atoms with Crippen molar-refractivity contribution in [2.75, 3.05) is 12.4 Å². The van der Waals surface area contributed by atoms with Crippen molar-refractivity contribution in [1.82, 2.24) is 19.6 Å². The molecule has 0 fully saturated rings. The molecule has 0 aliphatic carbocycles. The molecule has 0 aliphatic heterocycles. The normalized spacial score (nSPS) is 11.1. The average molecular weight is 486 g/mol. The van der Waals surface area contributed by atoms with Crippen molar-refractivity contribution in [3.8, 4) is 11.5 Å². The van der Waals surface area contributed by atoms with E-state index in [-0.39, 0.29) is 5.91 Å². The molecule has 0 unspecified atom stereocenters. The fourth-order valence-electron chi connectivity index (χ4n) is 3.81. The summed E-state index contributed by atoms with van der Waals surface area (Å²) in [5.74, 6) is 1.28. The summed E-state index contributed by atoms with van der Waals surface area (Å²) in [5.41, 5.74) is 5.78. The van der Waals surface area contributed by atoms with Crippen LogP contribution in [0.5, 0.6) is 11.5 Å².